The Kier molecular flexibility index (Phi) is 5.80. The molecule has 2 aromatic rings. The Bertz CT molecular complexity index is 663. The lowest BCUT2D eigenvalue weighted by molar-refractivity contribution is -0.113. The summed E-state index contributed by atoms with van der Waals surface area (Å²) in [6.07, 6.45) is 1.90. The molecule has 0 fully saturated rings. The van der Waals surface area contributed by atoms with Crippen molar-refractivity contribution in [2.45, 2.75) is 10.1 Å². The summed E-state index contributed by atoms with van der Waals surface area (Å²) < 4.78 is 1.61. The van der Waals surface area contributed by atoms with Gasteiger partial charge in [-0.2, -0.15) is 4.98 Å². The number of benzene rings is 1. The van der Waals surface area contributed by atoms with Crippen molar-refractivity contribution in [2.75, 3.05) is 17.3 Å². The number of anilines is 1. The molecule has 0 aliphatic carbocycles. The third kappa shape index (κ3) is 4.54. The fraction of sp³-hybridized carbons (Fsp3) is 0.250. The van der Waals surface area contributed by atoms with Crippen molar-refractivity contribution in [2.24, 2.45) is 7.05 Å². The lowest BCUT2D eigenvalue weighted by Gasteiger charge is -2.04. The van der Waals surface area contributed by atoms with Gasteiger partial charge in [-0.05, 0) is 24.5 Å². The maximum absolute atomic E-state index is 11.9. The molecule has 5 nitrogen and oxygen atoms in total. The van der Waals surface area contributed by atoms with E-state index in [1.54, 1.807) is 29.9 Å². The smallest absolute Gasteiger partial charge is 0.249 e. The van der Waals surface area contributed by atoms with Crippen LogP contribution in [0.15, 0.2) is 28.3 Å². The van der Waals surface area contributed by atoms with Gasteiger partial charge in [0, 0.05) is 17.0 Å². The summed E-state index contributed by atoms with van der Waals surface area (Å²) in [6.45, 7) is 0. The second-order valence-electron chi connectivity index (χ2n) is 3.96. The normalized spacial score (nSPS) is 10.7. The number of halogens is 2. The number of thioether (sulfide) groups is 2. The number of aryl methyl sites for hydroxylation is 1. The number of rotatable bonds is 5. The molecule has 21 heavy (non-hydrogen) atoms. The minimum absolute atomic E-state index is 0.200. The Hall–Kier alpha value is -0.890. The van der Waals surface area contributed by atoms with Crippen molar-refractivity contribution >= 4 is 58.6 Å². The maximum atomic E-state index is 11.9. The van der Waals surface area contributed by atoms with Crippen LogP contribution in [0.3, 0.4) is 0 Å². The summed E-state index contributed by atoms with van der Waals surface area (Å²) in [5.74, 6) is 0.298. The Morgan fingerprint density at radius 2 is 2.19 bits per heavy atom. The molecule has 0 aliphatic rings. The Morgan fingerprint density at radius 3 is 2.86 bits per heavy atom. The number of hydrogen-bond donors (Lipinski definition) is 1. The largest absolute Gasteiger partial charge is 0.292 e. The molecular formula is C12H12Cl2N4OS2. The molecule has 0 saturated heterocycles. The van der Waals surface area contributed by atoms with Crippen LogP contribution in [0, 0.1) is 0 Å². The highest BCUT2D eigenvalue weighted by Gasteiger charge is 2.11. The summed E-state index contributed by atoms with van der Waals surface area (Å²) in [5.41, 5.74) is 0. The number of nitrogens with one attached hydrogen (secondary N) is 1. The fourth-order valence-corrected chi connectivity index (χ4v) is 3.27. The van der Waals surface area contributed by atoms with Gasteiger partial charge in [-0.1, -0.05) is 35.0 Å². The summed E-state index contributed by atoms with van der Waals surface area (Å²) >= 11 is 14.7. The van der Waals surface area contributed by atoms with E-state index in [4.69, 9.17) is 23.2 Å². The monoisotopic (exact) mass is 362 g/mol. The Labute approximate surface area is 140 Å². The van der Waals surface area contributed by atoms with E-state index >= 15 is 0 Å². The van der Waals surface area contributed by atoms with Gasteiger partial charge in [0.2, 0.25) is 11.9 Å². The van der Waals surface area contributed by atoms with E-state index in [2.05, 4.69) is 15.4 Å². The van der Waals surface area contributed by atoms with E-state index in [0.29, 0.717) is 16.0 Å². The Balaban J connectivity index is 1.94. The lowest BCUT2D eigenvalue weighted by atomic mass is 10.4. The van der Waals surface area contributed by atoms with Crippen LogP contribution in [0.2, 0.25) is 10.0 Å². The highest BCUT2D eigenvalue weighted by atomic mass is 35.5. The van der Waals surface area contributed by atoms with E-state index in [9.17, 15) is 4.79 Å². The Morgan fingerprint density at radius 1 is 1.43 bits per heavy atom. The van der Waals surface area contributed by atoms with Gasteiger partial charge < -0.3 is 0 Å². The molecule has 0 aliphatic heterocycles. The molecule has 1 aromatic heterocycles. The van der Waals surface area contributed by atoms with E-state index < -0.39 is 0 Å². The molecule has 0 bridgehead atoms. The lowest BCUT2D eigenvalue weighted by Crippen LogP contribution is -2.15. The average Bonchev–Trinajstić information content (AvgIpc) is 2.79. The zero-order valence-corrected chi connectivity index (χ0v) is 14.4. The summed E-state index contributed by atoms with van der Waals surface area (Å²) in [4.78, 5) is 16.8. The number of nitrogens with zero attached hydrogens (tertiary/aromatic N) is 3. The van der Waals surface area contributed by atoms with Gasteiger partial charge in [0.05, 0.1) is 10.8 Å². The number of aromatic nitrogens is 3. The van der Waals surface area contributed by atoms with Gasteiger partial charge in [0.1, 0.15) is 0 Å². The molecule has 0 saturated carbocycles. The molecule has 1 amide bonds. The molecule has 0 atom stereocenters. The van der Waals surface area contributed by atoms with Crippen LogP contribution in [0.4, 0.5) is 5.95 Å². The minimum atomic E-state index is -0.200. The number of carbonyl (C=O) groups is 1. The first-order chi connectivity index (χ1) is 9.99. The molecule has 0 unspecified atom stereocenters. The average molecular weight is 363 g/mol. The first-order valence-electron chi connectivity index (χ1n) is 5.82. The molecule has 112 valence electrons. The van der Waals surface area contributed by atoms with Crippen molar-refractivity contribution in [3.05, 3.63) is 28.2 Å². The van der Waals surface area contributed by atoms with Gasteiger partial charge in [-0.15, -0.1) is 16.9 Å². The topological polar surface area (TPSA) is 59.8 Å². The highest BCUT2D eigenvalue weighted by Crippen LogP contribution is 2.29. The van der Waals surface area contributed by atoms with Crippen LogP contribution in [-0.2, 0) is 11.8 Å². The zero-order chi connectivity index (χ0) is 15.4. The summed E-state index contributed by atoms with van der Waals surface area (Å²) in [7, 11) is 1.77. The predicted molar refractivity (Wildman–Crippen MR) is 88.6 cm³/mol. The van der Waals surface area contributed by atoms with Crippen LogP contribution in [0.5, 0.6) is 0 Å². The molecule has 1 heterocycles. The van der Waals surface area contributed by atoms with Crippen molar-refractivity contribution in [3.8, 4) is 0 Å². The van der Waals surface area contributed by atoms with Gasteiger partial charge in [0.25, 0.3) is 0 Å². The highest BCUT2D eigenvalue weighted by molar-refractivity contribution is 8.00. The van der Waals surface area contributed by atoms with Crippen LogP contribution >= 0.6 is 46.7 Å². The quantitative estimate of drug-likeness (QED) is 0.823. The standard InChI is InChI=1S/C12H12Cl2N4OS2/c1-18-12(20-2)16-11(17-18)15-10(19)6-21-9-5-7(13)3-4-8(9)14/h3-5H,6H2,1-2H3,(H,15,17,19). The van der Waals surface area contributed by atoms with E-state index in [0.717, 1.165) is 10.1 Å². The van der Waals surface area contributed by atoms with Gasteiger partial charge in [-0.3, -0.25) is 10.1 Å². The van der Waals surface area contributed by atoms with Crippen LogP contribution in [0.1, 0.15) is 0 Å². The van der Waals surface area contributed by atoms with Crippen LogP contribution < -0.4 is 5.32 Å². The fourth-order valence-electron chi connectivity index (χ4n) is 1.49. The van der Waals surface area contributed by atoms with Crippen molar-refractivity contribution < 1.29 is 4.79 Å². The van der Waals surface area contributed by atoms with Gasteiger partial charge in [-0.25, -0.2) is 4.68 Å². The number of amides is 1. The number of carbonyl (C=O) groups excluding carboxylic acids is 1. The second-order valence-corrected chi connectivity index (χ2v) is 6.59. The van der Waals surface area contributed by atoms with Crippen molar-refractivity contribution in [1.29, 1.82) is 0 Å². The first-order valence-corrected chi connectivity index (χ1v) is 8.79. The zero-order valence-electron chi connectivity index (χ0n) is 11.3. The molecule has 1 N–H and O–H groups in total. The van der Waals surface area contributed by atoms with Crippen molar-refractivity contribution in [3.63, 3.8) is 0 Å². The molecule has 0 radical (unpaired) electrons. The third-order valence-corrected chi connectivity index (χ3v) is 4.86. The molecule has 9 heteroatoms. The molecule has 2 rings (SSSR count). The predicted octanol–water partition coefficient (Wildman–Crippen LogP) is 3.57. The third-order valence-electron chi connectivity index (χ3n) is 2.41. The summed E-state index contributed by atoms with van der Waals surface area (Å²) in [6, 6.07) is 5.14. The molecular weight excluding hydrogens is 351 g/mol. The van der Waals surface area contributed by atoms with E-state index in [-0.39, 0.29) is 11.7 Å². The van der Waals surface area contributed by atoms with Gasteiger partial charge >= 0.3 is 0 Å². The second kappa shape index (κ2) is 7.40. The number of hydrogen-bond acceptors (Lipinski definition) is 5. The van der Waals surface area contributed by atoms with Gasteiger partial charge in [0.15, 0.2) is 5.16 Å². The first kappa shape index (κ1) is 16.5. The van der Waals surface area contributed by atoms with Crippen LogP contribution in [-0.4, -0.2) is 32.7 Å². The minimum Gasteiger partial charge on any atom is -0.292 e. The van der Waals surface area contributed by atoms with E-state index in [1.165, 1.54) is 23.5 Å². The maximum Gasteiger partial charge on any atom is 0.249 e. The van der Waals surface area contributed by atoms with Crippen LogP contribution in [0.25, 0.3) is 0 Å². The van der Waals surface area contributed by atoms with Crippen molar-refractivity contribution in [1.82, 2.24) is 14.8 Å². The summed E-state index contributed by atoms with van der Waals surface area (Å²) in [5, 5.41) is 8.64. The van der Waals surface area contributed by atoms with E-state index in [1.807, 2.05) is 6.26 Å². The molecule has 0 spiro atoms. The SMILES string of the molecule is CSc1nc(NC(=O)CSc2cc(Cl)ccc2Cl)nn1C. The molecule has 1 aromatic carbocycles.